The monoisotopic (exact) mass is 389 g/mol. The Labute approximate surface area is 156 Å². The van der Waals surface area contributed by atoms with Crippen LogP contribution in [0.3, 0.4) is 0 Å². The van der Waals surface area contributed by atoms with Gasteiger partial charge in [-0.3, -0.25) is 9.59 Å². The van der Waals surface area contributed by atoms with Gasteiger partial charge in [-0.25, -0.2) is 0 Å². The van der Waals surface area contributed by atoms with Crippen LogP contribution in [-0.4, -0.2) is 67.0 Å². The van der Waals surface area contributed by atoms with E-state index in [1.165, 1.54) is 12.1 Å². The number of likely N-dealkylation sites (tertiary alicyclic amines) is 1. The topological polar surface area (TPSA) is 61.9 Å². The summed E-state index contributed by atoms with van der Waals surface area (Å²) >= 11 is 0. The predicted octanol–water partition coefficient (Wildman–Crippen LogP) is 1.75. The van der Waals surface area contributed by atoms with Gasteiger partial charge in [0.15, 0.2) is 0 Å². The normalized spacial score (nSPS) is 20.7. The fourth-order valence-electron chi connectivity index (χ4n) is 3.41. The number of amides is 2. The molecule has 2 saturated heterocycles. The molecule has 2 amide bonds. The third-order valence-electron chi connectivity index (χ3n) is 4.58. The largest absolute Gasteiger partial charge is 0.434 e. The molecule has 1 atom stereocenters. The van der Waals surface area contributed by atoms with Gasteiger partial charge >= 0.3 is 6.61 Å². The van der Waals surface area contributed by atoms with Crippen molar-refractivity contribution >= 4 is 24.2 Å². The van der Waals surface area contributed by atoms with Crippen molar-refractivity contribution in [3.8, 4) is 5.75 Å². The van der Waals surface area contributed by atoms with Crippen LogP contribution in [0.15, 0.2) is 24.3 Å². The Hall–Kier alpha value is -1.93. The zero-order valence-corrected chi connectivity index (χ0v) is 15.0. The highest BCUT2D eigenvalue weighted by atomic mass is 35.5. The summed E-state index contributed by atoms with van der Waals surface area (Å²) in [7, 11) is 0. The summed E-state index contributed by atoms with van der Waals surface area (Å²) < 4.78 is 29.6. The number of nitrogens with one attached hydrogen (secondary N) is 1. The second kappa shape index (κ2) is 9.14. The van der Waals surface area contributed by atoms with Crippen molar-refractivity contribution in [3.63, 3.8) is 0 Å². The second-order valence-corrected chi connectivity index (χ2v) is 6.19. The van der Waals surface area contributed by atoms with Crippen molar-refractivity contribution in [2.24, 2.45) is 0 Å². The van der Waals surface area contributed by atoms with Gasteiger partial charge in [0.25, 0.3) is 5.91 Å². The molecule has 144 valence electrons. The fraction of sp³-hybridized carbons (Fsp3) is 0.529. The van der Waals surface area contributed by atoms with E-state index in [0.29, 0.717) is 26.2 Å². The molecule has 1 aromatic rings. The van der Waals surface area contributed by atoms with Gasteiger partial charge in [-0.15, -0.1) is 12.4 Å². The highest BCUT2D eigenvalue weighted by Crippen LogP contribution is 2.25. The van der Waals surface area contributed by atoms with Gasteiger partial charge in [0, 0.05) is 32.2 Å². The van der Waals surface area contributed by atoms with Crippen LogP contribution in [0.5, 0.6) is 5.75 Å². The van der Waals surface area contributed by atoms with Crippen molar-refractivity contribution in [1.29, 1.82) is 0 Å². The van der Waals surface area contributed by atoms with Crippen LogP contribution in [0.1, 0.15) is 23.2 Å². The fourth-order valence-corrected chi connectivity index (χ4v) is 3.41. The summed E-state index contributed by atoms with van der Waals surface area (Å²) in [4.78, 5) is 28.3. The van der Waals surface area contributed by atoms with Crippen LogP contribution >= 0.6 is 12.4 Å². The summed E-state index contributed by atoms with van der Waals surface area (Å²) in [6.45, 7) is -0.360. The van der Waals surface area contributed by atoms with Crippen LogP contribution < -0.4 is 10.1 Å². The van der Waals surface area contributed by atoms with Gasteiger partial charge in [0.1, 0.15) is 5.75 Å². The number of para-hydroxylation sites is 1. The number of hydrogen-bond donors (Lipinski definition) is 1. The molecule has 26 heavy (non-hydrogen) atoms. The van der Waals surface area contributed by atoms with Gasteiger partial charge in [-0.2, -0.15) is 8.78 Å². The second-order valence-electron chi connectivity index (χ2n) is 6.19. The first-order valence-electron chi connectivity index (χ1n) is 8.39. The number of nitrogens with zero attached hydrogens (tertiary/aromatic N) is 2. The number of halogens is 3. The van der Waals surface area contributed by atoms with E-state index in [9.17, 15) is 18.4 Å². The lowest BCUT2D eigenvalue weighted by atomic mass is 10.0. The van der Waals surface area contributed by atoms with Crippen LogP contribution in [0.2, 0.25) is 0 Å². The van der Waals surface area contributed by atoms with Crippen molar-refractivity contribution in [3.05, 3.63) is 29.8 Å². The number of carbonyl (C=O) groups is 2. The van der Waals surface area contributed by atoms with Gasteiger partial charge < -0.3 is 19.9 Å². The molecular weight excluding hydrogens is 368 g/mol. The minimum Gasteiger partial charge on any atom is -0.434 e. The maximum absolute atomic E-state index is 12.8. The molecule has 0 aliphatic carbocycles. The molecule has 2 heterocycles. The number of ether oxygens (including phenoxy) is 1. The summed E-state index contributed by atoms with van der Waals surface area (Å²) in [6, 6.07) is 5.98. The summed E-state index contributed by atoms with van der Waals surface area (Å²) in [5.74, 6) is -0.432. The van der Waals surface area contributed by atoms with E-state index in [1.807, 2.05) is 4.90 Å². The molecule has 0 aromatic heterocycles. The van der Waals surface area contributed by atoms with E-state index in [2.05, 4.69) is 10.1 Å². The number of alkyl halides is 2. The Morgan fingerprint density at radius 2 is 2.04 bits per heavy atom. The highest BCUT2D eigenvalue weighted by molar-refractivity contribution is 5.97. The first-order chi connectivity index (χ1) is 12.1. The molecule has 2 fully saturated rings. The maximum atomic E-state index is 12.8. The molecule has 9 heteroatoms. The molecule has 1 unspecified atom stereocenters. The summed E-state index contributed by atoms with van der Waals surface area (Å²) in [6.07, 6.45) is 1.61. The minimum absolute atomic E-state index is 0. The SMILES string of the molecule is Cl.O=C(c1ccccc1OC(F)F)N1CCCC(N2CCNCC2=O)C1. The smallest absolute Gasteiger partial charge is 0.387 e. The molecule has 2 aliphatic rings. The first kappa shape index (κ1) is 20.4. The van der Waals surface area contributed by atoms with E-state index in [1.54, 1.807) is 17.0 Å². The van der Waals surface area contributed by atoms with Crippen LogP contribution in [-0.2, 0) is 4.79 Å². The predicted molar refractivity (Wildman–Crippen MR) is 93.8 cm³/mol. The maximum Gasteiger partial charge on any atom is 0.387 e. The molecule has 2 aliphatic heterocycles. The van der Waals surface area contributed by atoms with Crippen molar-refractivity contribution < 1.29 is 23.1 Å². The third kappa shape index (κ3) is 4.62. The molecule has 0 spiro atoms. The number of rotatable bonds is 4. The minimum atomic E-state index is -2.98. The number of piperidine rings is 1. The number of hydrogen-bond acceptors (Lipinski definition) is 4. The molecule has 0 saturated carbocycles. The van der Waals surface area contributed by atoms with Gasteiger partial charge in [-0.05, 0) is 25.0 Å². The molecule has 1 N–H and O–H groups in total. The van der Waals surface area contributed by atoms with E-state index >= 15 is 0 Å². The molecule has 6 nitrogen and oxygen atoms in total. The van der Waals surface area contributed by atoms with E-state index in [-0.39, 0.29) is 41.6 Å². The summed E-state index contributed by atoms with van der Waals surface area (Å²) in [5.41, 5.74) is 0.120. The molecule has 1 aromatic carbocycles. The van der Waals surface area contributed by atoms with Crippen molar-refractivity contribution in [2.75, 3.05) is 32.7 Å². The van der Waals surface area contributed by atoms with E-state index < -0.39 is 6.61 Å². The third-order valence-corrected chi connectivity index (χ3v) is 4.58. The zero-order chi connectivity index (χ0) is 17.8. The van der Waals surface area contributed by atoms with Gasteiger partial charge in [0.2, 0.25) is 5.91 Å². The quantitative estimate of drug-likeness (QED) is 0.852. The lowest BCUT2D eigenvalue weighted by Crippen LogP contribution is -2.57. The molecular formula is C17H22ClF2N3O3. The molecule has 0 bridgehead atoms. The number of carbonyl (C=O) groups excluding carboxylic acids is 2. The van der Waals surface area contributed by atoms with Crippen molar-refractivity contribution in [2.45, 2.75) is 25.5 Å². The van der Waals surface area contributed by atoms with E-state index in [4.69, 9.17) is 0 Å². The molecule has 0 radical (unpaired) electrons. The Kier molecular flexibility index (Phi) is 7.16. The summed E-state index contributed by atoms with van der Waals surface area (Å²) in [5, 5.41) is 3.03. The number of piperazine rings is 1. The lowest BCUT2D eigenvalue weighted by molar-refractivity contribution is -0.135. The number of benzene rings is 1. The molecule has 3 rings (SSSR count). The van der Waals surface area contributed by atoms with Crippen molar-refractivity contribution in [1.82, 2.24) is 15.1 Å². The average Bonchev–Trinajstić information content (AvgIpc) is 2.62. The Morgan fingerprint density at radius 3 is 2.77 bits per heavy atom. The van der Waals surface area contributed by atoms with Crippen LogP contribution in [0.25, 0.3) is 0 Å². The lowest BCUT2D eigenvalue weighted by Gasteiger charge is -2.41. The van der Waals surface area contributed by atoms with Gasteiger partial charge in [-0.1, -0.05) is 12.1 Å². The average molecular weight is 390 g/mol. The highest BCUT2D eigenvalue weighted by Gasteiger charge is 2.32. The zero-order valence-electron chi connectivity index (χ0n) is 14.2. The van der Waals surface area contributed by atoms with Crippen LogP contribution in [0.4, 0.5) is 8.78 Å². The van der Waals surface area contributed by atoms with E-state index in [0.717, 1.165) is 19.4 Å². The Balaban J connectivity index is 0.00000243. The van der Waals surface area contributed by atoms with Crippen LogP contribution in [0, 0.1) is 0 Å². The Morgan fingerprint density at radius 1 is 1.27 bits per heavy atom. The van der Waals surface area contributed by atoms with Gasteiger partial charge in [0.05, 0.1) is 12.1 Å². The standard InChI is InChI=1S/C17H21F2N3O3.ClH/c18-17(19)25-14-6-2-1-5-13(14)16(24)21-8-3-4-12(11-21)22-9-7-20-10-15(22)23;/h1-2,5-6,12,17,20H,3-4,7-11H2;1H. The Bertz CT molecular complexity index is 647. The first-order valence-corrected chi connectivity index (χ1v) is 8.39.